The summed E-state index contributed by atoms with van der Waals surface area (Å²) in [5, 5.41) is 0. The summed E-state index contributed by atoms with van der Waals surface area (Å²) in [6.45, 7) is 1.57. The van der Waals surface area contributed by atoms with Crippen molar-refractivity contribution in [3.63, 3.8) is 0 Å². The minimum atomic E-state index is -3.32. The van der Waals surface area contributed by atoms with E-state index in [1.54, 1.807) is 31.2 Å². The number of benzene rings is 1. The summed E-state index contributed by atoms with van der Waals surface area (Å²) < 4.78 is 48.5. The quantitative estimate of drug-likeness (QED) is 0.809. The van der Waals surface area contributed by atoms with Crippen molar-refractivity contribution in [3.05, 3.63) is 24.3 Å². The van der Waals surface area contributed by atoms with E-state index in [-0.39, 0.29) is 5.75 Å². The molecule has 0 atom stereocenters. The van der Waals surface area contributed by atoms with Gasteiger partial charge in [-0.3, -0.25) is 8.61 Å². The lowest BCUT2D eigenvalue weighted by molar-refractivity contribution is 0.595. The Bertz CT molecular complexity index is 636. The van der Waals surface area contributed by atoms with Crippen LogP contribution in [0, 0.1) is 0 Å². The molecule has 0 spiro atoms. The lowest BCUT2D eigenvalue weighted by atomic mass is 10.3. The zero-order valence-electron chi connectivity index (χ0n) is 11.4. The van der Waals surface area contributed by atoms with Crippen LogP contribution >= 0.6 is 0 Å². The fraction of sp³-hybridized carbons (Fsp3) is 0.455. The van der Waals surface area contributed by atoms with Crippen LogP contribution in [-0.2, 0) is 20.0 Å². The summed E-state index contributed by atoms with van der Waals surface area (Å²) >= 11 is 0. The molecule has 0 saturated heterocycles. The average Bonchev–Trinajstić information content (AvgIpc) is 2.36. The van der Waals surface area contributed by atoms with Gasteiger partial charge in [-0.2, -0.15) is 0 Å². The minimum Gasteiger partial charge on any atom is -0.274 e. The lowest BCUT2D eigenvalue weighted by Crippen LogP contribution is -2.28. The largest absolute Gasteiger partial charge is 0.274 e. The molecule has 0 unspecified atom stereocenters. The van der Waals surface area contributed by atoms with E-state index in [1.807, 2.05) is 0 Å². The third kappa shape index (κ3) is 3.60. The van der Waals surface area contributed by atoms with Gasteiger partial charge in [0.2, 0.25) is 20.0 Å². The fourth-order valence-electron chi connectivity index (χ4n) is 1.42. The molecule has 0 aliphatic heterocycles. The number of rotatable bonds is 5. The molecule has 108 valence electrons. The van der Waals surface area contributed by atoms with Gasteiger partial charge in [-0.15, -0.1) is 0 Å². The molecule has 8 heteroatoms. The lowest BCUT2D eigenvalue weighted by Gasteiger charge is -2.20. The molecule has 0 aliphatic rings. The van der Waals surface area contributed by atoms with Gasteiger partial charge in [0.15, 0.2) is 0 Å². The van der Waals surface area contributed by atoms with Gasteiger partial charge in [0, 0.05) is 14.1 Å². The van der Waals surface area contributed by atoms with Crippen LogP contribution in [0.2, 0.25) is 0 Å². The molecular formula is C11H18N2O4S2. The highest BCUT2D eigenvalue weighted by molar-refractivity contribution is 7.92. The van der Waals surface area contributed by atoms with E-state index in [1.165, 1.54) is 18.4 Å². The molecule has 0 aliphatic carbocycles. The molecule has 0 amide bonds. The summed E-state index contributed by atoms with van der Waals surface area (Å²) in [7, 11) is -3.72. The summed E-state index contributed by atoms with van der Waals surface area (Å²) in [5.41, 5.74) is 0.973. The maximum absolute atomic E-state index is 11.7. The molecule has 0 N–H and O–H groups in total. The van der Waals surface area contributed by atoms with Crippen molar-refractivity contribution in [2.75, 3.05) is 34.7 Å². The van der Waals surface area contributed by atoms with Crippen LogP contribution in [0.1, 0.15) is 6.92 Å². The normalized spacial score (nSPS) is 12.2. The van der Waals surface area contributed by atoms with Crippen molar-refractivity contribution in [1.82, 2.24) is 0 Å². The molecule has 0 fully saturated rings. The summed E-state index contributed by atoms with van der Waals surface area (Å²) in [4.78, 5) is 0. The number of anilines is 2. The molecule has 0 saturated carbocycles. The second kappa shape index (κ2) is 5.38. The van der Waals surface area contributed by atoms with Gasteiger partial charge in [0.05, 0.1) is 23.4 Å². The highest BCUT2D eigenvalue weighted by Gasteiger charge is 2.17. The number of sulfonamides is 2. The SMILES string of the molecule is CCS(=O)(=O)N(C)c1ccc(N(C)S(C)(=O)=O)cc1. The minimum absolute atomic E-state index is 0.00843. The Labute approximate surface area is 114 Å². The highest BCUT2D eigenvalue weighted by atomic mass is 32.2. The third-order valence-corrected chi connectivity index (χ3v) is 5.84. The van der Waals surface area contributed by atoms with Gasteiger partial charge in [-0.25, -0.2) is 16.8 Å². The molecule has 1 rings (SSSR count). The number of nitrogens with zero attached hydrogens (tertiary/aromatic N) is 2. The first kappa shape index (κ1) is 15.8. The monoisotopic (exact) mass is 306 g/mol. The zero-order chi connectivity index (χ0) is 14.8. The van der Waals surface area contributed by atoms with E-state index in [0.717, 1.165) is 10.6 Å². The van der Waals surface area contributed by atoms with E-state index < -0.39 is 20.0 Å². The first-order chi connectivity index (χ1) is 8.59. The second-order valence-electron chi connectivity index (χ2n) is 4.11. The number of hydrogen-bond acceptors (Lipinski definition) is 4. The third-order valence-electron chi connectivity index (χ3n) is 2.86. The molecule has 6 nitrogen and oxygen atoms in total. The smallest absolute Gasteiger partial charge is 0.234 e. The summed E-state index contributed by atoms with van der Waals surface area (Å²) in [6.07, 6.45) is 1.11. The highest BCUT2D eigenvalue weighted by Crippen LogP contribution is 2.22. The van der Waals surface area contributed by atoms with Gasteiger partial charge in [0.25, 0.3) is 0 Å². The predicted molar refractivity (Wildman–Crippen MR) is 77.6 cm³/mol. The average molecular weight is 306 g/mol. The van der Waals surface area contributed by atoms with Crippen LogP contribution in [0.3, 0.4) is 0 Å². The molecule has 0 radical (unpaired) electrons. The number of hydrogen-bond donors (Lipinski definition) is 0. The van der Waals surface area contributed by atoms with E-state index in [4.69, 9.17) is 0 Å². The van der Waals surface area contributed by atoms with Gasteiger partial charge in [-0.05, 0) is 31.2 Å². The van der Waals surface area contributed by atoms with Crippen LogP contribution in [0.15, 0.2) is 24.3 Å². The van der Waals surface area contributed by atoms with Crippen LogP contribution in [0.25, 0.3) is 0 Å². The standard InChI is InChI=1S/C11H18N2O4S2/c1-5-19(16,17)13(3)11-8-6-10(7-9-11)12(2)18(4,14)15/h6-9H,5H2,1-4H3. The van der Waals surface area contributed by atoms with Crippen molar-refractivity contribution in [1.29, 1.82) is 0 Å². The Balaban J connectivity index is 3.08. The van der Waals surface area contributed by atoms with E-state index in [0.29, 0.717) is 11.4 Å². The van der Waals surface area contributed by atoms with Crippen molar-refractivity contribution in [3.8, 4) is 0 Å². The van der Waals surface area contributed by atoms with E-state index in [2.05, 4.69) is 0 Å². The van der Waals surface area contributed by atoms with Gasteiger partial charge >= 0.3 is 0 Å². The van der Waals surface area contributed by atoms with Crippen molar-refractivity contribution >= 4 is 31.4 Å². The molecular weight excluding hydrogens is 288 g/mol. The maximum atomic E-state index is 11.7. The van der Waals surface area contributed by atoms with Crippen LogP contribution in [-0.4, -0.2) is 42.9 Å². The Morgan fingerprint density at radius 3 is 1.58 bits per heavy atom. The zero-order valence-corrected chi connectivity index (χ0v) is 13.0. The molecule has 0 heterocycles. The van der Waals surface area contributed by atoms with Crippen LogP contribution in [0.4, 0.5) is 11.4 Å². The Morgan fingerprint density at radius 2 is 1.26 bits per heavy atom. The van der Waals surface area contributed by atoms with Crippen molar-refractivity contribution in [2.45, 2.75) is 6.92 Å². The van der Waals surface area contributed by atoms with E-state index >= 15 is 0 Å². The molecule has 1 aromatic rings. The molecule has 0 aromatic heterocycles. The van der Waals surface area contributed by atoms with E-state index in [9.17, 15) is 16.8 Å². The first-order valence-corrected chi connectivity index (χ1v) is 9.06. The van der Waals surface area contributed by atoms with Crippen molar-refractivity contribution in [2.24, 2.45) is 0 Å². The maximum Gasteiger partial charge on any atom is 0.234 e. The Hall–Kier alpha value is -1.28. The predicted octanol–water partition coefficient (Wildman–Crippen LogP) is 0.868. The summed E-state index contributed by atoms with van der Waals surface area (Å²) in [5.74, 6) is 0.00843. The van der Waals surface area contributed by atoms with Gasteiger partial charge < -0.3 is 0 Å². The second-order valence-corrected chi connectivity index (χ2v) is 8.42. The molecule has 0 bridgehead atoms. The van der Waals surface area contributed by atoms with Gasteiger partial charge in [-0.1, -0.05) is 0 Å². The first-order valence-electron chi connectivity index (χ1n) is 5.60. The fourth-order valence-corrected chi connectivity index (χ4v) is 2.75. The summed E-state index contributed by atoms with van der Waals surface area (Å²) in [6, 6.07) is 6.28. The van der Waals surface area contributed by atoms with Crippen LogP contribution in [0.5, 0.6) is 0 Å². The van der Waals surface area contributed by atoms with Crippen molar-refractivity contribution < 1.29 is 16.8 Å². The van der Waals surface area contributed by atoms with Gasteiger partial charge in [0.1, 0.15) is 0 Å². The van der Waals surface area contributed by atoms with Crippen LogP contribution < -0.4 is 8.61 Å². The Morgan fingerprint density at radius 1 is 0.895 bits per heavy atom. The molecule has 1 aromatic carbocycles. The topological polar surface area (TPSA) is 74.8 Å². The molecule has 19 heavy (non-hydrogen) atoms. The Kier molecular flexibility index (Phi) is 4.46.